The number of rotatable bonds is 5. The summed E-state index contributed by atoms with van der Waals surface area (Å²) in [7, 11) is 0. The molecule has 3 heterocycles. The van der Waals surface area contributed by atoms with Gasteiger partial charge in [0.1, 0.15) is 0 Å². The van der Waals surface area contributed by atoms with Crippen LogP contribution < -0.4 is 14.9 Å². The molecule has 206 valence electrons. The number of halogens is 1. The van der Waals surface area contributed by atoms with Crippen molar-refractivity contribution in [3.8, 4) is 11.3 Å². The highest BCUT2D eigenvalue weighted by Crippen LogP contribution is 2.33. The summed E-state index contributed by atoms with van der Waals surface area (Å²) in [6.45, 7) is 7.44. The molecule has 1 aliphatic rings. The van der Waals surface area contributed by atoms with Crippen molar-refractivity contribution in [2.75, 3.05) is 0 Å². The summed E-state index contributed by atoms with van der Waals surface area (Å²) in [6.07, 6.45) is 1.62. The van der Waals surface area contributed by atoms with Gasteiger partial charge in [-0.05, 0) is 69.2 Å². The summed E-state index contributed by atoms with van der Waals surface area (Å²) in [5, 5.41) is 1.59. The lowest BCUT2D eigenvalue weighted by molar-refractivity contribution is -0.143. The monoisotopic (exact) mass is 581 g/mol. The van der Waals surface area contributed by atoms with Gasteiger partial charge in [0, 0.05) is 21.5 Å². The Morgan fingerprint density at radius 3 is 2.51 bits per heavy atom. The molecule has 0 radical (unpaired) electrons. The zero-order valence-corrected chi connectivity index (χ0v) is 24.6. The number of benzene rings is 3. The minimum absolute atomic E-state index is 0.225. The molecule has 5 aromatic rings. The van der Waals surface area contributed by atoms with Crippen LogP contribution in [0.25, 0.3) is 28.2 Å². The van der Waals surface area contributed by atoms with Gasteiger partial charge in [0.15, 0.2) is 4.80 Å². The number of aryl methyl sites for hydroxylation is 1. The number of carbonyl (C=O) groups excluding carboxylic acids is 1. The zero-order valence-electron chi connectivity index (χ0n) is 23.1. The van der Waals surface area contributed by atoms with Crippen LogP contribution in [-0.4, -0.2) is 21.6 Å². The lowest BCUT2D eigenvalue weighted by Crippen LogP contribution is -2.40. The molecule has 0 saturated carbocycles. The van der Waals surface area contributed by atoms with Crippen LogP contribution >= 0.6 is 22.9 Å². The van der Waals surface area contributed by atoms with E-state index in [9.17, 15) is 9.59 Å². The fourth-order valence-electron chi connectivity index (χ4n) is 5.26. The molecule has 0 saturated heterocycles. The number of nitrogens with one attached hydrogen (secondary N) is 1. The molecule has 0 unspecified atom stereocenters. The first-order chi connectivity index (χ1) is 19.7. The number of H-pyrrole nitrogens is 1. The quantitative estimate of drug-likeness (QED) is 0.248. The number of nitrogens with zero attached hydrogens (tertiary/aromatic N) is 2. The van der Waals surface area contributed by atoms with Gasteiger partial charge in [-0.2, -0.15) is 0 Å². The summed E-state index contributed by atoms with van der Waals surface area (Å²) in [5.41, 5.74) is 6.39. The first-order valence-corrected chi connectivity index (χ1v) is 14.6. The van der Waals surface area contributed by atoms with Crippen molar-refractivity contribution in [2.45, 2.75) is 39.8 Å². The van der Waals surface area contributed by atoms with Crippen LogP contribution in [0.15, 0.2) is 93.9 Å². The smallest absolute Gasteiger partial charge is 0.338 e. The number of carbonyl (C=O) groups is 1. The normalized spacial score (nSPS) is 15.4. The Kier molecular flexibility index (Phi) is 7.01. The van der Waals surface area contributed by atoms with E-state index in [1.54, 1.807) is 37.5 Å². The number of allylic oxidation sites excluding steroid dienone is 1. The number of aromatic amines is 1. The number of aromatic nitrogens is 2. The van der Waals surface area contributed by atoms with Crippen molar-refractivity contribution in [3.05, 3.63) is 125 Å². The third kappa shape index (κ3) is 4.96. The molecule has 6 rings (SSSR count). The van der Waals surface area contributed by atoms with Crippen LogP contribution in [-0.2, 0) is 9.53 Å². The van der Waals surface area contributed by atoms with E-state index in [1.807, 2.05) is 48.5 Å². The third-order valence-corrected chi connectivity index (χ3v) is 8.34. The predicted molar refractivity (Wildman–Crippen MR) is 165 cm³/mol. The SMILES string of the molecule is CC1=C(C(=O)OC(C)C)[C@@H](c2ccc(Cl)cc2)n2c(s/c(=C/c3c(-c4ccccc4)[nH]c4ccc(C)cc34)c2=O)=N1. The molecule has 0 bridgehead atoms. The van der Waals surface area contributed by atoms with Gasteiger partial charge in [-0.1, -0.05) is 77.0 Å². The Balaban J connectivity index is 1.61. The highest BCUT2D eigenvalue weighted by Gasteiger charge is 2.33. The average Bonchev–Trinajstić information content (AvgIpc) is 3.45. The summed E-state index contributed by atoms with van der Waals surface area (Å²) >= 11 is 7.50. The van der Waals surface area contributed by atoms with Crippen LogP contribution in [0.4, 0.5) is 0 Å². The number of thiazole rings is 1. The lowest BCUT2D eigenvalue weighted by atomic mass is 9.96. The molecule has 0 fully saturated rings. The minimum Gasteiger partial charge on any atom is -0.459 e. The summed E-state index contributed by atoms with van der Waals surface area (Å²) in [5.74, 6) is -0.492. The second-order valence-corrected chi connectivity index (χ2v) is 11.9. The predicted octanol–water partition coefficient (Wildman–Crippen LogP) is 6.30. The van der Waals surface area contributed by atoms with Gasteiger partial charge in [0.05, 0.1) is 33.6 Å². The molecule has 41 heavy (non-hydrogen) atoms. The van der Waals surface area contributed by atoms with Gasteiger partial charge >= 0.3 is 5.97 Å². The fourth-order valence-corrected chi connectivity index (χ4v) is 6.42. The van der Waals surface area contributed by atoms with Gasteiger partial charge in [0.2, 0.25) is 0 Å². The molecular weight excluding hydrogens is 554 g/mol. The van der Waals surface area contributed by atoms with Crippen LogP contribution in [0.1, 0.15) is 43.5 Å². The summed E-state index contributed by atoms with van der Waals surface area (Å²) in [6, 6.07) is 22.8. The summed E-state index contributed by atoms with van der Waals surface area (Å²) < 4.78 is 7.72. The van der Waals surface area contributed by atoms with Crippen LogP contribution in [0, 0.1) is 6.92 Å². The lowest BCUT2D eigenvalue weighted by Gasteiger charge is -2.25. The number of hydrogen-bond donors (Lipinski definition) is 1. The van der Waals surface area contributed by atoms with E-state index in [1.165, 1.54) is 11.3 Å². The minimum atomic E-state index is -0.698. The maximum Gasteiger partial charge on any atom is 0.338 e. The Bertz CT molecular complexity index is 2020. The van der Waals surface area contributed by atoms with Gasteiger partial charge in [-0.3, -0.25) is 9.36 Å². The average molecular weight is 582 g/mol. The Labute approximate surface area is 245 Å². The summed E-state index contributed by atoms with van der Waals surface area (Å²) in [4.78, 5) is 36.4. The third-order valence-electron chi connectivity index (χ3n) is 7.10. The molecular formula is C33H28ClN3O3S. The molecule has 0 spiro atoms. The second kappa shape index (κ2) is 10.7. The molecule has 2 aromatic heterocycles. The zero-order chi connectivity index (χ0) is 28.8. The Morgan fingerprint density at radius 2 is 1.80 bits per heavy atom. The van der Waals surface area contributed by atoms with Crippen LogP contribution in [0.5, 0.6) is 0 Å². The van der Waals surface area contributed by atoms with Gasteiger partial charge in [-0.25, -0.2) is 9.79 Å². The highest BCUT2D eigenvalue weighted by molar-refractivity contribution is 7.07. The van der Waals surface area contributed by atoms with Gasteiger partial charge in [0.25, 0.3) is 5.56 Å². The second-order valence-electron chi connectivity index (χ2n) is 10.4. The molecule has 1 atom stereocenters. The van der Waals surface area contributed by atoms with Crippen molar-refractivity contribution >= 4 is 45.9 Å². The van der Waals surface area contributed by atoms with Crippen molar-refractivity contribution < 1.29 is 9.53 Å². The van der Waals surface area contributed by atoms with Crippen molar-refractivity contribution in [1.29, 1.82) is 0 Å². The Hall–Kier alpha value is -4.20. The largest absolute Gasteiger partial charge is 0.459 e. The van der Waals surface area contributed by atoms with E-state index < -0.39 is 12.0 Å². The van der Waals surface area contributed by atoms with E-state index in [0.29, 0.717) is 25.6 Å². The maximum absolute atomic E-state index is 14.2. The molecule has 8 heteroatoms. The highest BCUT2D eigenvalue weighted by atomic mass is 35.5. The Morgan fingerprint density at radius 1 is 1.07 bits per heavy atom. The molecule has 6 nitrogen and oxygen atoms in total. The number of esters is 1. The van der Waals surface area contributed by atoms with E-state index >= 15 is 0 Å². The number of ether oxygens (including phenoxy) is 1. The topological polar surface area (TPSA) is 76.5 Å². The first kappa shape index (κ1) is 27.0. The van der Waals surface area contributed by atoms with Gasteiger partial charge < -0.3 is 9.72 Å². The molecule has 1 N–H and O–H groups in total. The molecule has 1 aliphatic heterocycles. The maximum atomic E-state index is 14.2. The first-order valence-electron chi connectivity index (χ1n) is 13.4. The van der Waals surface area contributed by atoms with Crippen LogP contribution in [0.3, 0.4) is 0 Å². The van der Waals surface area contributed by atoms with Gasteiger partial charge in [-0.15, -0.1) is 0 Å². The molecule has 0 aliphatic carbocycles. The van der Waals surface area contributed by atoms with Crippen LogP contribution in [0.2, 0.25) is 5.02 Å². The fraction of sp³-hybridized carbons (Fsp3) is 0.182. The standard InChI is InChI=1S/C33H28ClN3O3S/c1-18(2)40-32(39)28-20(4)35-33-37(30(28)22-11-13-23(34)14-12-22)31(38)27(41-33)17-25-24-16-19(3)10-15-26(24)36-29(25)21-8-6-5-7-9-21/h5-18,30,36H,1-4H3/b27-17+/t30-/m1/s1. The van der Waals surface area contributed by atoms with Crippen molar-refractivity contribution in [2.24, 2.45) is 4.99 Å². The molecule has 0 amide bonds. The van der Waals surface area contributed by atoms with E-state index in [2.05, 4.69) is 30.1 Å². The molecule has 3 aromatic carbocycles. The van der Waals surface area contributed by atoms with Crippen molar-refractivity contribution in [1.82, 2.24) is 9.55 Å². The number of fused-ring (bicyclic) bond motifs is 2. The van der Waals surface area contributed by atoms with Crippen molar-refractivity contribution in [3.63, 3.8) is 0 Å². The van der Waals surface area contributed by atoms with E-state index in [0.717, 1.165) is 38.9 Å². The van der Waals surface area contributed by atoms with E-state index in [-0.39, 0.29) is 11.7 Å². The van der Waals surface area contributed by atoms with E-state index in [4.69, 9.17) is 21.3 Å². The number of hydrogen-bond acceptors (Lipinski definition) is 5.